The average Bonchev–Trinajstić information content (AvgIpc) is 3.35. The maximum atomic E-state index is 13.7. The highest BCUT2D eigenvalue weighted by Gasteiger charge is 2.22. The Morgan fingerprint density at radius 2 is 1.63 bits per heavy atom. The average molecular weight is 513 g/mol. The van der Waals surface area contributed by atoms with Crippen molar-refractivity contribution in [2.45, 2.75) is 26.3 Å². The molecule has 0 fully saturated rings. The molecule has 0 saturated carbocycles. The van der Waals surface area contributed by atoms with Gasteiger partial charge in [0.1, 0.15) is 6.54 Å². The number of nitrogens with one attached hydrogen (secondary N) is 2. The zero-order chi connectivity index (χ0) is 26.7. The Hall–Kier alpha value is -4.10. The fourth-order valence-corrected chi connectivity index (χ4v) is 4.44. The summed E-state index contributed by atoms with van der Waals surface area (Å²) in [6, 6.07) is 25.5. The number of rotatable bonds is 12. The van der Waals surface area contributed by atoms with Crippen molar-refractivity contribution in [1.82, 2.24) is 14.8 Å². The molecule has 198 valence electrons. The van der Waals surface area contributed by atoms with E-state index in [-0.39, 0.29) is 18.5 Å². The van der Waals surface area contributed by atoms with Gasteiger partial charge in [0.25, 0.3) is 0 Å². The highest BCUT2D eigenvalue weighted by Crippen LogP contribution is 2.19. The summed E-state index contributed by atoms with van der Waals surface area (Å²) in [7, 11) is 1.63. The number of urea groups is 1. The molecular formula is C31H36N4O3. The maximum Gasteiger partial charge on any atom is 0.322 e. The molecule has 7 heteroatoms. The minimum atomic E-state index is -0.297. The molecule has 0 radical (unpaired) electrons. The van der Waals surface area contributed by atoms with Gasteiger partial charge in [0.15, 0.2) is 0 Å². The molecule has 0 aliphatic heterocycles. The van der Waals surface area contributed by atoms with E-state index >= 15 is 0 Å². The summed E-state index contributed by atoms with van der Waals surface area (Å²) in [5, 5.41) is 4.10. The van der Waals surface area contributed by atoms with Crippen LogP contribution in [0.1, 0.15) is 23.1 Å². The molecular weight excluding hydrogens is 476 g/mol. The van der Waals surface area contributed by atoms with Crippen LogP contribution < -0.4 is 5.32 Å². The summed E-state index contributed by atoms with van der Waals surface area (Å²) in [6.07, 6.45) is 3.36. The number of carbonyl (C=O) groups is 2. The zero-order valence-electron chi connectivity index (χ0n) is 22.2. The maximum absolute atomic E-state index is 13.7. The zero-order valence-corrected chi connectivity index (χ0v) is 22.2. The lowest BCUT2D eigenvalue weighted by atomic mass is 10.1. The molecule has 7 nitrogen and oxygen atoms in total. The number of para-hydroxylation sites is 1. The molecule has 4 rings (SSSR count). The van der Waals surface area contributed by atoms with Crippen molar-refractivity contribution < 1.29 is 14.3 Å². The number of hydrogen-bond donors (Lipinski definition) is 2. The van der Waals surface area contributed by atoms with Crippen LogP contribution in [0.4, 0.5) is 10.5 Å². The van der Waals surface area contributed by atoms with E-state index in [2.05, 4.69) is 22.4 Å². The Morgan fingerprint density at radius 1 is 0.895 bits per heavy atom. The standard InChI is InChI=1S/C31H36N4O3/c1-24-13-15-27(16-14-24)33-31(37)35(18-8-20-38-2)23-30(36)34(22-25-9-4-3-5-10-25)19-17-26-21-32-29-12-7-6-11-28(26)29/h3-7,9-16,21,32H,8,17-20,22-23H2,1-2H3,(H,33,37). The van der Waals surface area contributed by atoms with Gasteiger partial charge in [-0.1, -0.05) is 66.2 Å². The lowest BCUT2D eigenvalue weighted by Gasteiger charge is -2.28. The minimum absolute atomic E-state index is 0.0118. The quantitative estimate of drug-likeness (QED) is 0.242. The lowest BCUT2D eigenvalue weighted by molar-refractivity contribution is -0.132. The fourth-order valence-electron chi connectivity index (χ4n) is 4.44. The number of carbonyl (C=O) groups excluding carboxylic acids is 2. The van der Waals surface area contributed by atoms with E-state index in [1.807, 2.05) is 84.8 Å². The van der Waals surface area contributed by atoms with Crippen molar-refractivity contribution in [2.24, 2.45) is 0 Å². The van der Waals surface area contributed by atoms with Crippen molar-refractivity contribution in [1.29, 1.82) is 0 Å². The highest BCUT2D eigenvalue weighted by atomic mass is 16.5. The van der Waals surface area contributed by atoms with E-state index in [9.17, 15) is 9.59 Å². The first-order valence-electron chi connectivity index (χ1n) is 13.0. The number of anilines is 1. The molecule has 0 aliphatic carbocycles. The van der Waals surface area contributed by atoms with Gasteiger partial charge in [0, 0.05) is 56.1 Å². The number of hydrogen-bond acceptors (Lipinski definition) is 3. The number of aromatic nitrogens is 1. The van der Waals surface area contributed by atoms with Crippen LogP contribution in [0.15, 0.2) is 85.1 Å². The largest absolute Gasteiger partial charge is 0.385 e. The highest BCUT2D eigenvalue weighted by molar-refractivity contribution is 5.92. The van der Waals surface area contributed by atoms with Crippen LogP contribution in [0, 0.1) is 6.92 Å². The van der Waals surface area contributed by atoms with E-state index in [0.29, 0.717) is 44.8 Å². The second-order valence-electron chi connectivity index (χ2n) is 9.47. The van der Waals surface area contributed by atoms with Gasteiger partial charge in [-0.25, -0.2) is 4.79 Å². The second-order valence-corrected chi connectivity index (χ2v) is 9.47. The van der Waals surface area contributed by atoms with Crippen LogP contribution in [-0.2, 0) is 22.5 Å². The normalized spacial score (nSPS) is 10.9. The van der Waals surface area contributed by atoms with Gasteiger partial charge >= 0.3 is 6.03 Å². The van der Waals surface area contributed by atoms with Crippen LogP contribution in [-0.4, -0.2) is 60.1 Å². The summed E-state index contributed by atoms with van der Waals surface area (Å²) in [5.74, 6) is -0.0924. The molecule has 0 aliphatic rings. The number of amides is 3. The van der Waals surface area contributed by atoms with Crippen molar-refractivity contribution in [3.63, 3.8) is 0 Å². The van der Waals surface area contributed by atoms with Gasteiger partial charge in [0.05, 0.1) is 0 Å². The molecule has 0 bridgehead atoms. The van der Waals surface area contributed by atoms with E-state index < -0.39 is 0 Å². The summed E-state index contributed by atoms with van der Waals surface area (Å²) < 4.78 is 5.19. The lowest BCUT2D eigenvalue weighted by Crippen LogP contribution is -2.45. The van der Waals surface area contributed by atoms with Gasteiger partial charge in [-0.2, -0.15) is 0 Å². The smallest absolute Gasteiger partial charge is 0.322 e. The third-order valence-electron chi connectivity index (χ3n) is 6.59. The molecule has 2 N–H and O–H groups in total. The van der Waals surface area contributed by atoms with Crippen molar-refractivity contribution in [3.05, 3.63) is 102 Å². The third-order valence-corrected chi connectivity index (χ3v) is 6.59. The van der Waals surface area contributed by atoms with Crippen molar-refractivity contribution in [3.8, 4) is 0 Å². The van der Waals surface area contributed by atoms with E-state index in [4.69, 9.17) is 4.74 Å². The number of benzene rings is 3. The number of aromatic amines is 1. The van der Waals surface area contributed by atoms with Gasteiger partial charge in [-0.3, -0.25) is 4.79 Å². The van der Waals surface area contributed by atoms with Crippen LogP contribution in [0.25, 0.3) is 10.9 Å². The number of aryl methyl sites for hydroxylation is 1. The van der Waals surface area contributed by atoms with Gasteiger partial charge in [-0.05, 0) is 49.1 Å². The monoisotopic (exact) mass is 512 g/mol. The molecule has 38 heavy (non-hydrogen) atoms. The Labute approximate surface area is 224 Å². The molecule has 0 spiro atoms. The molecule has 1 heterocycles. The van der Waals surface area contributed by atoms with Crippen LogP contribution in [0.2, 0.25) is 0 Å². The summed E-state index contributed by atoms with van der Waals surface area (Å²) in [6.45, 7) is 3.94. The molecule has 0 saturated heterocycles. The van der Waals surface area contributed by atoms with Crippen LogP contribution >= 0.6 is 0 Å². The van der Waals surface area contributed by atoms with E-state index in [0.717, 1.165) is 16.6 Å². The van der Waals surface area contributed by atoms with Crippen LogP contribution in [0.5, 0.6) is 0 Å². The topological polar surface area (TPSA) is 77.7 Å². The van der Waals surface area contributed by atoms with Gasteiger partial charge < -0.3 is 24.8 Å². The Kier molecular flexibility index (Phi) is 9.54. The summed E-state index contributed by atoms with van der Waals surface area (Å²) in [4.78, 5) is 33.6. The number of fused-ring (bicyclic) bond motifs is 1. The third kappa shape index (κ3) is 7.46. The summed E-state index contributed by atoms with van der Waals surface area (Å²) >= 11 is 0. The molecule has 1 aromatic heterocycles. The first-order chi connectivity index (χ1) is 18.5. The molecule has 4 aromatic rings. The predicted molar refractivity (Wildman–Crippen MR) is 152 cm³/mol. The van der Waals surface area contributed by atoms with E-state index in [1.165, 1.54) is 10.9 Å². The number of nitrogens with zero attached hydrogens (tertiary/aromatic N) is 2. The summed E-state index contributed by atoms with van der Waals surface area (Å²) in [5.41, 5.74) is 5.11. The Morgan fingerprint density at radius 3 is 2.39 bits per heavy atom. The fraction of sp³-hybridized carbons (Fsp3) is 0.290. The minimum Gasteiger partial charge on any atom is -0.385 e. The second kappa shape index (κ2) is 13.4. The van der Waals surface area contributed by atoms with Crippen LogP contribution in [0.3, 0.4) is 0 Å². The number of methoxy groups -OCH3 is 1. The van der Waals surface area contributed by atoms with Gasteiger partial charge in [-0.15, -0.1) is 0 Å². The predicted octanol–water partition coefficient (Wildman–Crippen LogP) is 5.62. The Balaban J connectivity index is 1.49. The first kappa shape index (κ1) is 26.9. The molecule has 0 atom stereocenters. The number of ether oxygens (including phenoxy) is 1. The SMILES string of the molecule is COCCCN(CC(=O)N(CCc1c[nH]c2ccccc12)Cc1ccccc1)C(=O)Nc1ccc(C)cc1. The van der Waals surface area contributed by atoms with Crippen molar-refractivity contribution in [2.75, 3.05) is 38.7 Å². The molecule has 3 amide bonds. The molecule has 3 aromatic carbocycles. The number of H-pyrrole nitrogens is 1. The Bertz CT molecular complexity index is 1320. The molecule has 0 unspecified atom stereocenters. The first-order valence-corrected chi connectivity index (χ1v) is 13.0. The van der Waals surface area contributed by atoms with E-state index in [1.54, 1.807) is 12.0 Å². The van der Waals surface area contributed by atoms with Crippen molar-refractivity contribution >= 4 is 28.5 Å². The van der Waals surface area contributed by atoms with Gasteiger partial charge in [0.2, 0.25) is 5.91 Å².